The van der Waals surface area contributed by atoms with Crippen molar-refractivity contribution in [2.75, 3.05) is 6.61 Å². The van der Waals surface area contributed by atoms with E-state index in [1.807, 2.05) is 6.92 Å². The van der Waals surface area contributed by atoms with Crippen LogP contribution in [0.2, 0.25) is 5.02 Å². The van der Waals surface area contributed by atoms with E-state index in [-0.39, 0.29) is 18.2 Å². The van der Waals surface area contributed by atoms with Crippen LogP contribution in [0.15, 0.2) is 60.1 Å². The highest BCUT2D eigenvalue weighted by Crippen LogP contribution is 2.35. The minimum Gasteiger partial charge on any atom is -0.449 e. The van der Waals surface area contributed by atoms with Crippen LogP contribution in [0.5, 0.6) is 0 Å². The van der Waals surface area contributed by atoms with Crippen molar-refractivity contribution in [2.45, 2.75) is 32.9 Å². The van der Waals surface area contributed by atoms with Crippen LogP contribution < -0.4 is 10.6 Å². The number of urea groups is 1. The van der Waals surface area contributed by atoms with Crippen molar-refractivity contribution < 1.29 is 19.1 Å². The second kappa shape index (κ2) is 9.61. The fourth-order valence-corrected chi connectivity index (χ4v) is 3.62. The third-order valence-electron chi connectivity index (χ3n) is 4.88. The summed E-state index contributed by atoms with van der Waals surface area (Å²) in [6.07, 6.45) is 2.42. The van der Waals surface area contributed by atoms with Gasteiger partial charge in [0.15, 0.2) is 0 Å². The molecule has 2 aromatic rings. The van der Waals surface area contributed by atoms with Crippen molar-refractivity contribution in [3.8, 4) is 0 Å². The largest absolute Gasteiger partial charge is 0.449 e. The Labute approximate surface area is 185 Å². The monoisotopic (exact) mass is 442 g/mol. The smallest absolute Gasteiger partial charge is 0.418 e. The molecule has 0 fully saturated rings. The lowest BCUT2D eigenvalue weighted by Crippen LogP contribution is -2.52. The van der Waals surface area contributed by atoms with Crippen LogP contribution in [0.4, 0.5) is 9.59 Å². The van der Waals surface area contributed by atoms with E-state index in [9.17, 15) is 14.4 Å². The van der Waals surface area contributed by atoms with Gasteiger partial charge in [-0.15, -0.1) is 0 Å². The first-order valence-electron chi connectivity index (χ1n) is 9.77. The van der Waals surface area contributed by atoms with Crippen molar-refractivity contribution in [3.05, 3.63) is 76.2 Å². The zero-order valence-electron chi connectivity index (χ0n) is 17.4. The number of hydrogen-bond donors (Lipinski definition) is 2. The third-order valence-corrected chi connectivity index (χ3v) is 5.11. The third kappa shape index (κ3) is 4.86. The first kappa shape index (κ1) is 22.3. The molecule has 0 saturated heterocycles. The lowest BCUT2D eigenvalue weighted by atomic mass is 9.93. The molecule has 31 heavy (non-hydrogen) atoms. The fraction of sp³-hybridized carbons (Fsp3) is 0.273. The topological polar surface area (TPSA) is 101 Å². The summed E-state index contributed by atoms with van der Waals surface area (Å²) < 4.78 is 5.08. The lowest BCUT2D eigenvalue weighted by molar-refractivity contribution is -0.118. The molecule has 0 saturated carbocycles. The highest BCUT2D eigenvalue weighted by Gasteiger charge is 2.42. The van der Waals surface area contributed by atoms with Gasteiger partial charge in [-0.3, -0.25) is 9.78 Å². The lowest BCUT2D eigenvalue weighted by Gasteiger charge is -2.36. The number of nitrogens with zero attached hydrogens (tertiary/aromatic N) is 2. The van der Waals surface area contributed by atoms with Gasteiger partial charge in [0, 0.05) is 23.1 Å². The molecule has 1 aliphatic heterocycles. The Morgan fingerprint density at radius 1 is 1.29 bits per heavy atom. The van der Waals surface area contributed by atoms with Gasteiger partial charge >= 0.3 is 12.1 Å². The SMILES string of the molecule is CCOC(=O)N1C(=O)NC(C)=C(C(=O)NC(C)c2ccncc2)C1c1cccc(Cl)c1. The molecular weight excluding hydrogens is 420 g/mol. The maximum Gasteiger partial charge on any atom is 0.418 e. The Balaban J connectivity index is 2.03. The fourth-order valence-electron chi connectivity index (χ4n) is 3.42. The Hall–Kier alpha value is -3.39. The quantitative estimate of drug-likeness (QED) is 0.725. The van der Waals surface area contributed by atoms with Crippen molar-refractivity contribution >= 4 is 29.6 Å². The van der Waals surface area contributed by atoms with Gasteiger partial charge in [0.1, 0.15) is 6.04 Å². The number of amides is 4. The highest BCUT2D eigenvalue weighted by molar-refractivity contribution is 6.30. The zero-order valence-corrected chi connectivity index (χ0v) is 18.1. The number of carbonyl (C=O) groups is 3. The van der Waals surface area contributed by atoms with Gasteiger partial charge in [-0.25, -0.2) is 14.5 Å². The van der Waals surface area contributed by atoms with Gasteiger partial charge in [0.2, 0.25) is 0 Å². The Bertz CT molecular complexity index is 1030. The van der Waals surface area contributed by atoms with Crippen LogP contribution in [-0.2, 0) is 9.53 Å². The molecule has 1 aromatic heterocycles. The summed E-state index contributed by atoms with van der Waals surface area (Å²) in [6.45, 7) is 5.17. The molecule has 4 amide bonds. The summed E-state index contributed by atoms with van der Waals surface area (Å²) in [5, 5.41) is 5.93. The predicted octanol–water partition coefficient (Wildman–Crippen LogP) is 4.11. The summed E-state index contributed by atoms with van der Waals surface area (Å²) in [4.78, 5) is 43.6. The molecule has 0 bridgehead atoms. The second-order valence-corrected chi connectivity index (χ2v) is 7.41. The summed E-state index contributed by atoms with van der Waals surface area (Å²) in [5.41, 5.74) is 1.94. The number of aromatic nitrogens is 1. The molecule has 2 heterocycles. The molecule has 1 aliphatic rings. The minimum atomic E-state index is -1.00. The van der Waals surface area contributed by atoms with E-state index in [1.165, 1.54) is 0 Å². The average Bonchev–Trinajstić information content (AvgIpc) is 2.73. The molecule has 2 atom stereocenters. The van der Waals surface area contributed by atoms with E-state index in [1.54, 1.807) is 62.6 Å². The number of nitrogens with one attached hydrogen (secondary N) is 2. The number of carbonyl (C=O) groups excluding carboxylic acids is 3. The first-order chi connectivity index (χ1) is 14.8. The number of pyridine rings is 1. The van der Waals surface area contributed by atoms with Crippen LogP contribution in [0.1, 0.15) is 44.0 Å². The molecule has 3 rings (SSSR count). The van der Waals surface area contributed by atoms with Crippen LogP contribution >= 0.6 is 11.6 Å². The molecular formula is C22H23ClN4O4. The molecule has 0 spiro atoms. The summed E-state index contributed by atoms with van der Waals surface area (Å²) in [5.74, 6) is -0.430. The van der Waals surface area contributed by atoms with Crippen LogP contribution in [0, 0.1) is 0 Å². The van der Waals surface area contributed by atoms with Gasteiger partial charge in [0.05, 0.1) is 18.2 Å². The molecule has 162 valence electrons. The Morgan fingerprint density at radius 3 is 2.65 bits per heavy atom. The van der Waals surface area contributed by atoms with E-state index < -0.39 is 24.1 Å². The van der Waals surface area contributed by atoms with E-state index >= 15 is 0 Å². The van der Waals surface area contributed by atoms with Crippen molar-refractivity contribution in [1.82, 2.24) is 20.5 Å². The molecule has 8 nitrogen and oxygen atoms in total. The van der Waals surface area contributed by atoms with Gasteiger partial charge < -0.3 is 15.4 Å². The normalized spacial score (nSPS) is 17.1. The van der Waals surface area contributed by atoms with Gasteiger partial charge in [-0.1, -0.05) is 23.7 Å². The average molecular weight is 443 g/mol. The minimum absolute atomic E-state index is 0.0776. The standard InChI is InChI=1S/C22H23ClN4O4/c1-4-31-22(30)27-19(16-6-5-7-17(23)12-16)18(14(3)26-21(27)29)20(28)25-13(2)15-8-10-24-11-9-15/h5-13,19H,4H2,1-3H3,(H,25,28)(H,26,29). The van der Waals surface area contributed by atoms with Crippen molar-refractivity contribution in [2.24, 2.45) is 0 Å². The molecule has 1 aromatic carbocycles. The highest BCUT2D eigenvalue weighted by atomic mass is 35.5. The molecule has 2 N–H and O–H groups in total. The molecule has 0 aliphatic carbocycles. The van der Waals surface area contributed by atoms with Gasteiger partial charge in [-0.2, -0.15) is 0 Å². The van der Waals surface area contributed by atoms with E-state index in [0.717, 1.165) is 10.5 Å². The van der Waals surface area contributed by atoms with E-state index in [2.05, 4.69) is 15.6 Å². The molecule has 9 heteroatoms. The number of allylic oxidation sites excluding steroid dienone is 1. The van der Waals surface area contributed by atoms with Crippen molar-refractivity contribution in [3.63, 3.8) is 0 Å². The summed E-state index contributed by atoms with van der Waals surface area (Å²) >= 11 is 6.16. The Kier molecular flexibility index (Phi) is 6.91. The maximum absolute atomic E-state index is 13.3. The summed E-state index contributed by atoms with van der Waals surface area (Å²) in [6, 6.07) is 8.27. The van der Waals surface area contributed by atoms with Crippen LogP contribution in [-0.4, -0.2) is 34.5 Å². The number of halogens is 1. The number of imide groups is 1. The number of rotatable bonds is 5. The maximum atomic E-state index is 13.3. The Morgan fingerprint density at radius 2 is 2.00 bits per heavy atom. The number of ether oxygens (including phenoxy) is 1. The zero-order chi connectivity index (χ0) is 22.5. The number of benzene rings is 1. The first-order valence-corrected chi connectivity index (χ1v) is 10.1. The van der Waals surface area contributed by atoms with Crippen molar-refractivity contribution in [1.29, 1.82) is 0 Å². The van der Waals surface area contributed by atoms with E-state index in [0.29, 0.717) is 16.3 Å². The molecule has 2 unspecified atom stereocenters. The van der Waals surface area contributed by atoms with E-state index in [4.69, 9.17) is 16.3 Å². The van der Waals surface area contributed by atoms with Gasteiger partial charge in [0.25, 0.3) is 5.91 Å². The summed E-state index contributed by atoms with van der Waals surface area (Å²) in [7, 11) is 0. The number of hydrogen-bond acceptors (Lipinski definition) is 5. The van der Waals surface area contributed by atoms with Gasteiger partial charge in [-0.05, 0) is 56.2 Å². The second-order valence-electron chi connectivity index (χ2n) is 6.97. The van der Waals surface area contributed by atoms with Crippen LogP contribution in [0.25, 0.3) is 0 Å². The molecule has 0 radical (unpaired) electrons. The predicted molar refractivity (Wildman–Crippen MR) is 115 cm³/mol. The van der Waals surface area contributed by atoms with Crippen LogP contribution in [0.3, 0.4) is 0 Å².